The van der Waals surface area contributed by atoms with E-state index in [2.05, 4.69) is 9.71 Å². The Labute approximate surface area is 267 Å². The highest BCUT2D eigenvalue weighted by atomic mass is 32.2. The molecule has 15 heteroatoms. The number of amides is 1. The van der Waals surface area contributed by atoms with Gasteiger partial charge in [-0.15, -0.1) is 5.06 Å². The molecule has 0 aliphatic carbocycles. The van der Waals surface area contributed by atoms with E-state index in [1.165, 1.54) is 41.5 Å². The molecule has 4 rings (SSSR count). The van der Waals surface area contributed by atoms with Crippen LogP contribution in [0.5, 0.6) is 23.0 Å². The van der Waals surface area contributed by atoms with Crippen molar-refractivity contribution in [1.82, 2.24) is 14.9 Å². The largest absolute Gasteiger partial charge is 0.527 e. The van der Waals surface area contributed by atoms with Gasteiger partial charge in [0.25, 0.3) is 15.9 Å². The molecule has 1 fully saturated rings. The van der Waals surface area contributed by atoms with Gasteiger partial charge in [-0.3, -0.25) is 9.52 Å². The maximum Gasteiger partial charge on any atom is 0.527 e. The molecule has 0 bridgehead atoms. The monoisotopic (exact) mass is 658 g/mol. The van der Waals surface area contributed by atoms with Crippen LogP contribution in [0.15, 0.2) is 59.8 Å². The maximum absolute atomic E-state index is 13.7. The number of nitrogens with zero attached hydrogens (tertiary/aromatic N) is 3. The average Bonchev–Trinajstić information content (AvgIpc) is 3.05. The van der Waals surface area contributed by atoms with E-state index in [0.29, 0.717) is 5.75 Å². The number of aromatic nitrogens is 1. The third kappa shape index (κ3) is 8.56. The lowest BCUT2D eigenvalue weighted by molar-refractivity contribution is -0.141. The molecule has 248 valence electrons. The van der Waals surface area contributed by atoms with E-state index >= 15 is 0 Å². The molecular formula is C31H38N4O10S. The molecule has 3 aromatic rings. The highest BCUT2D eigenvalue weighted by Crippen LogP contribution is 2.43. The molecule has 0 spiro atoms. The van der Waals surface area contributed by atoms with Gasteiger partial charge in [0.2, 0.25) is 0 Å². The number of aliphatic hydroxyl groups excluding tert-OH is 1. The number of methoxy groups -OCH3 is 1. The van der Waals surface area contributed by atoms with Gasteiger partial charge in [0.15, 0.2) is 28.0 Å². The van der Waals surface area contributed by atoms with Crippen LogP contribution in [-0.2, 0) is 19.6 Å². The number of nitrogens with one attached hydrogen (secondary N) is 1. The zero-order chi connectivity index (χ0) is 33.3. The number of carbonyl (C=O) groups excluding carboxylic acids is 2. The molecule has 0 unspecified atom stereocenters. The number of hydrogen-bond donors (Lipinski definition) is 2. The number of aliphatic hydroxyl groups is 1. The lowest BCUT2D eigenvalue weighted by Gasteiger charge is -2.33. The number of para-hydroxylation sites is 2. The Hall–Kier alpha value is -4.60. The topological polar surface area (TPSA) is 166 Å². The second kappa shape index (κ2) is 15.6. The van der Waals surface area contributed by atoms with Crippen molar-refractivity contribution in [3.63, 3.8) is 0 Å². The molecule has 1 saturated heterocycles. The minimum Gasteiger partial charge on any atom is -0.493 e. The van der Waals surface area contributed by atoms with Gasteiger partial charge < -0.3 is 33.8 Å². The van der Waals surface area contributed by atoms with Gasteiger partial charge in [0.05, 0.1) is 39.1 Å². The van der Waals surface area contributed by atoms with Crippen LogP contribution in [0.2, 0.25) is 0 Å². The fraction of sp³-hybridized carbons (Fsp3) is 0.387. The van der Waals surface area contributed by atoms with Crippen LogP contribution >= 0.6 is 0 Å². The van der Waals surface area contributed by atoms with E-state index in [1.807, 2.05) is 13.8 Å². The number of rotatable bonds is 13. The highest BCUT2D eigenvalue weighted by molar-refractivity contribution is 7.92. The number of pyridine rings is 1. The first-order valence-corrected chi connectivity index (χ1v) is 16.1. The van der Waals surface area contributed by atoms with Crippen molar-refractivity contribution in [2.45, 2.75) is 31.7 Å². The lowest BCUT2D eigenvalue weighted by Crippen LogP contribution is -2.49. The van der Waals surface area contributed by atoms with E-state index in [9.17, 15) is 23.1 Å². The summed E-state index contributed by atoms with van der Waals surface area (Å²) in [6, 6.07) is 12.6. The molecule has 2 N–H and O–H groups in total. The minimum atomic E-state index is -4.28. The van der Waals surface area contributed by atoms with Crippen LogP contribution in [0.1, 0.15) is 42.6 Å². The summed E-state index contributed by atoms with van der Waals surface area (Å²) in [5.41, 5.74) is 0.837. The summed E-state index contributed by atoms with van der Waals surface area (Å²) < 4.78 is 51.9. The number of ether oxygens (including phenoxy) is 4. The predicted octanol–water partition coefficient (Wildman–Crippen LogP) is 4.02. The van der Waals surface area contributed by atoms with Crippen LogP contribution < -0.4 is 18.9 Å². The summed E-state index contributed by atoms with van der Waals surface area (Å²) in [7, 11) is -2.82. The normalized spacial score (nSPS) is 13.7. The molecule has 1 aromatic heterocycles. The number of hydrogen-bond acceptors (Lipinski definition) is 12. The Morgan fingerprint density at radius 3 is 2.35 bits per heavy atom. The van der Waals surface area contributed by atoms with Crippen molar-refractivity contribution in [3.8, 4) is 23.0 Å². The van der Waals surface area contributed by atoms with Crippen LogP contribution in [0.25, 0.3) is 0 Å². The smallest absolute Gasteiger partial charge is 0.493 e. The Kier molecular flexibility index (Phi) is 11.6. The SMILES string of the molecule is CCOC(=O)ON1CCN(C(=O)c2cc(NS(=O)(=O)c3ccc(C(C)C)cn3)c(Oc3ccccc3OC)c(OCCO)c2)CC1. The molecule has 0 saturated carbocycles. The molecule has 1 amide bonds. The van der Waals surface area contributed by atoms with E-state index in [-0.39, 0.29) is 85.4 Å². The number of benzene rings is 2. The molecule has 1 aliphatic heterocycles. The van der Waals surface area contributed by atoms with Crippen molar-refractivity contribution in [2.24, 2.45) is 0 Å². The van der Waals surface area contributed by atoms with E-state index in [1.54, 1.807) is 37.3 Å². The molecule has 2 heterocycles. The van der Waals surface area contributed by atoms with Gasteiger partial charge in [-0.05, 0) is 48.7 Å². The fourth-order valence-electron chi connectivity index (χ4n) is 4.49. The van der Waals surface area contributed by atoms with Crippen LogP contribution in [-0.4, -0.2) is 93.6 Å². The first-order chi connectivity index (χ1) is 22.1. The highest BCUT2D eigenvalue weighted by Gasteiger charge is 2.29. The lowest BCUT2D eigenvalue weighted by atomic mass is 10.1. The van der Waals surface area contributed by atoms with Crippen molar-refractivity contribution < 1.29 is 46.9 Å². The predicted molar refractivity (Wildman–Crippen MR) is 167 cm³/mol. The fourth-order valence-corrected chi connectivity index (χ4v) is 5.47. The van der Waals surface area contributed by atoms with Crippen molar-refractivity contribution >= 4 is 27.8 Å². The molecule has 46 heavy (non-hydrogen) atoms. The summed E-state index contributed by atoms with van der Waals surface area (Å²) in [5.74, 6) is 0.244. The zero-order valence-electron chi connectivity index (χ0n) is 26.1. The van der Waals surface area contributed by atoms with Gasteiger partial charge in [-0.1, -0.05) is 32.0 Å². The molecular weight excluding hydrogens is 620 g/mol. The van der Waals surface area contributed by atoms with Crippen molar-refractivity contribution in [1.29, 1.82) is 0 Å². The Morgan fingerprint density at radius 2 is 1.74 bits per heavy atom. The van der Waals surface area contributed by atoms with Gasteiger partial charge in [-0.25, -0.2) is 9.78 Å². The van der Waals surface area contributed by atoms with E-state index in [4.69, 9.17) is 23.8 Å². The number of anilines is 1. The van der Waals surface area contributed by atoms with E-state index < -0.39 is 22.1 Å². The first-order valence-electron chi connectivity index (χ1n) is 14.7. The second-order valence-electron chi connectivity index (χ2n) is 10.4. The molecule has 0 radical (unpaired) electrons. The van der Waals surface area contributed by atoms with Gasteiger partial charge in [-0.2, -0.15) is 8.42 Å². The number of sulfonamides is 1. The van der Waals surface area contributed by atoms with Gasteiger partial charge in [0, 0.05) is 24.8 Å². The number of hydroxylamine groups is 2. The standard InChI is InChI=1S/C31H38N4O10S/c1-5-42-31(38)45-35-14-12-34(13-15-35)30(37)23-18-24(33-46(39,40)28-11-10-22(20-32-28)21(2)3)29(27(19-23)43-17-16-36)44-26-9-7-6-8-25(26)41-4/h6-11,18-21,33,36H,5,12-17H2,1-4H3. The summed E-state index contributed by atoms with van der Waals surface area (Å²) in [4.78, 5) is 36.3. The quantitative estimate of drug-likeness (QED) is 0.254. The van der Waals surface area contributed by atoms with Crippen molar-refractivity contribution in [3.05, 3.63) is 65.9 Å². The van der Waals surface area contributed by atoms with Crippen LogP contribution in [0, 0.1) is 0 Å². The van der Waals surface area contributed by atoms with Gasteiger partial charge >= 0.3 is 6.16 Å². The van der Waals surface area contributed by atoms with E-state index in [0.717, 1.165) is 5.56 Å². The van der Waals surface area contributed by atoms with Crippen molar-refractivity contribution in [2.75, 3.05) is 57.8 Å². The molecule has 2 aromatic carbocycles. The molecule has 0 atom stereocenters. The number of carbonyl (C=O) groups is 2. The Bertz CT molecular complexity index is 1610. The third-order valence-corrected chi connectivity index (χ3v) is 8.15. The summed E-state index contributed by atoms with van der Waals surface area (Å²) in [6.07, 6.45) is 0.663. The van der Waals surface area contributed by atoms with Crippen LogP contribution in [0.4, 0.5) is 10.5 Å². The third-order valence-electron chi connectivity index (χ3n) is 6.87. The first kappa shape index (κ1) is 34.3. The Balaban J connectivity index is 1.72. The summed E-state index contributed by atoms with van der Waals surface area (Å²) >= 11 is 0. The second-order valence-corrected chi connectivity index (χ2v) is 12.0. The van der Waals surface area contributed by atoms with Gasteiger partial charge in [0.1, 0.15) is 6.61 Å². The van der Waals surface area contributed by atoms with Crippen LogP contribution in [0.3, 0.4) is 0 Å². The summed E-state index contributed by atoms with van der Waals surface area (Å²) in [5, 5.41) is 10.7. The zero-order valence-corrected chi connectivity index (χ0v) is 26.9. The maximum atomic E-state index is 13.7. The molecule has 14 nitrogen and oxygen atoms in total. The average molecular weight is 659 g/mol. The number of piperazine rings is 1. The minimum absolute atomic E-state index is 0.00380. The Morgan fingerprint density at radius 1 is 1.02 bits per heavy atom. The molecule has 1 aliphatic rings. The summed E-state index contributed by atoms with van der Waals surface area (Å²) in [6.45, 7) is 6.10.